The quantitative estimate of drug-likeness (QED) is 0.779. The van der Waals surface area contributed by atoms with E-state index in [1.807, 2.05) is 0 Å². The minimum Gasteiger partial charge on any atom is -0.473 e. The molecule has 1 amide bonds. The van der Waals surface area contributed by atoms with Crippen LogP contribution in [0.15, 0.2) is 42.6 Å². The Morgan fingerprint density at radius 3 is 2.54 bits per heavy atom. The molecular weight excluding hydrogens is 352 g/mol. The van der Waals surface area contributed by atoms with E-state index in [2.05, 4.69) is 10.3 Å². The smallest absolute Gasteiger partial charge is 0.379 e. The van der Waals surface area contributed by atoms with Crippen molar-refractivity contribution in [1.82, 2.24) is 10.3 Å². The van der Waals surface area contributed by atoms with Gasteiger partial charge in [-0.05, 0) is 42.5 Å². The summed E-state index contributed by atoms with van der Waals surface area (Å²) >= 11 is 0. The molecule has 140 valence electrons. The Hall–Kier alpha value is -2.64. The lowest BCUT2D eigenvalue weighted by atomic mass is 10.2. The van der Waals surface area contributed by atoms with Gasteiger partial charge in [-0.3, -0.25) is 4.79 Å². The zero-order valence-electron chi connectivity index (χ0n) is 13.8. The van der Waals surface area contributed by atoms with E-state index in [9.17, 15) is 22.4 Å². The normalized spacial score (nSPS) is 13.0. The Labute approximate surface area is 148 Å². The van der Waals surface area contributed by atoms with Crippen LogP contribution in [0.25, 0.3) is 0 Å². The summed E-state index contributed by atoms with van der Waals surface area (Å²) < 4.78 is 47.5. The van der Waals surface area contributed by atoms with Gasteiger partial charge in [0, 0.05) is 18.8 Å². The number of halogens is 4. The fraction of sp³-hybridized carbons (Fsp3) is 0.333. The van der Waals surface area contributed by atoms with Crippen LogP contribution in [-0.4, -0.2) is 24.1 Å². The van der Waals surface area contributed by atoms with Crippen molar-refractivity contribution in [3.8, 4) is 5.88 Å². The molecule has 1 heterocycles. The second-order valence-corrected chi connectivity index (χ2v) is 5.70. The van der Waals surface area contributed by atoms with Gasteiger partial charge in [0.1, 0.15) is 12.4 Å². The number of carbonyl (C=O) groups excluding carboxylic acids is 1. The van der Waals surface area contributed by atoms with Gasteiger partial charge in [-0.1, -0.05) is 12.1 Å². The maximum absolute atomic E-state index is 13.1. The zero-order chi connectivity index (χ0) is 18.9. The average Bonchev–Trinajstić information content (AvgIpc) is 3.42. The highest BCUT2D eigenvalue weighted by Crippen LogP contribution is 2.27. The van der Waals surface area contributed by atoms with Crippen LogP contribution in [0.1, 0.15) is 28.8 Å². The first kappa shape index (κ1) is 19.7. The van der Waals surface area contributed by atoms with Crippen LogP contribution >= 0.6 is 0 Å². The van der Waals surface area contributed by atoms with Crippen molar-refractivity contribution < 1.29 is 27.1 Å². The fourth-order valence-electron chi connectivity index (χ4n) is 2.05. The Morgan fingerprint density at radius 2 is 1.96 bits per heavy atom. The predicted octanol–water partition coefficient (Wildman–Crippen LogP) is 4.12. The number of aromatic nitrogens is 1. The molecule has 0 unspecified atom stereocenters. The van der Waals surface area contributed by atoms with Crippen LogP contribution in [0.3, 0.4) is 0 Å². The van der Waals surface area contributed by atoms with Crippen LogP contribution in [0.5, 0.6) is 5.88 Å². The molecule has 2 aromatic rings. The van der Waals surface area contributed by atoms with E-state index in [-0.39, 0.29) is 18.3 Å². The minimum atomic E-state index is -3.67. The van der Waals surface area contributed by atoms with Crippen molar-refractivity contribution in [1.29, 1.82) is 0 Å². The van der Waals surface area contributed by atoms with E-state index in [0.717, 1.165) is 12.1 Å². The van der Waals surface area contributed by atoms with Gasteiger partial charge in [-0.15, -0.1) is 0 Å². The van der Waals surface area contributed by atoms with Crippen molar-refractivity contribution in [3.05, 3.63) is 59.5 Å². The lowest BCUT2D eigenvalue weighted by molar-refractivity contribution is 0.00818. The molecule has 1 aromatic heterocycles. The number of benzene rings is 1. The third kappa shape index (κ3) is 7.50. The van der Waals surface area contributed by atoms with E-state index in [1.54, 1.807) is 24.3 Å². The second kappa shape index (κ2) is 9.74. The summed E-state index contributed by atoms with van der Waals surface area (Å²) in [5, 5.41) is 2.88. The zero-order valence-corrected chi connectivity index (χ0v) is 13.8. The largest absolute Gasteiger partial charge is 0.473 e. The number of amides is 1. The molecule has 1 saturated carbocycles. The lowest BCUT2D eigenvalue weighted by Crippen LogP contribution is -2.25. The Bertz CT molecular complexity index is 704. The molecule has 0 bridgehead atoms. The lowest BCUT2D eigenvalue weighted by Gasteiger charge is -2.07. The number of hydrogen-bond acceptors (Lipinski definition) is 3. The maximum Gasteiger partial charge on any atom is 0.379 e. The summed E-state index contributed by atoms with van der Waals surface area (Å²) in [4.78, 5) is 16.0. The maximum atomic E-state index is 13.1. The molecule has 26 heavy (non-hydrogen) atoms. The third-order valence-electron chi connectivity index (χ3n) is 3.52. The summed E-state index contributed by atoms with van der Waals surface area (Å²) in [5.41, 5.74) is 1.24. The second-order valence-electron chi connectivity index (χ2n) is 5.70. The molecule has 1 N–H and O–H groups in total. The van der Waals surface area contributed by atoms with Crippen LogP contribution in [-0.2, 0) is 6.61 Å². The summed E-state index contributed by atoms with van der Waals surface area (Å²) in [7, 11) is 0. The van der Waals surface area contributed by atoms with Crippen molar-refractivity contribution in [3.63, 3.8) is 0 Å². The van der Waals surface area contributed by atoms with Gasteiger partial charge in [0.15, 0.2) is 0 Å². The highest BCUT2D eigenvalue weighted by atomic mass is 19.4. The Morgan fingerprint density at radius 1 is 1.23 bits per heavy atom. The highest BCUT2D eigenvalue weighted by Gasteiger charge is 2.21. The number of ether oxygens (including phenoxy) is 1. The summed E-state index contributed by atoms with van der Waals surface area (Å²) in [5.74, 6) is 0.640. The molecule has 1 fully saturated rings. The van der Waals surface area contributed by atoms with Crippen molar-refractivity contribution in [2.24, 2.45) is 5.92 Å². The first-order valence-corrected chi connectivity index (χ1v) is 7.97. The molecule has 0 radical (unpaired) electrons. The average molecular weight is 370 g/mol. The van der Waals surface area contributed by atoms with Gasteiger partial charge in [-0.2, -0.15) is 13.2 Å². The number of nitrogens with one attached hydrogen (secondary N) is 1. The van der Waals surface area contributed by atoms with Gasteiger partial charge in [0.05, 0.1) is 5.56 Å². The molecule has 8 heteroatoms. The Kier molecular flexibility index (Phi) is 7.37. The van der Waals surface area contributed by atoms with Crippen LogP contribution in [0, 0.1) is 11.7 Å². The molecule has 0 spiro atoms. The first-order valence-electron chi connectivity index (χ1n) is 7.97. The molecule has 0 atom stereocenters. The monoisotopic (exact) mass is 370 g/mol. The van der Waals surface area contributed by atoms with Gasteiger partial charge < -0.3 is 10.1 Å². The number of nitrogens with zero attached hydrogens (tertiary/aromatic N) is 1. The molecule has 3 rings (SSSR count). The number of rotatable bonds is 6. The first-order chi connectivity index (χ1) is 12.4. The highest BCUT2D eigenvalue weighted by molar-refractivity contribution is 5.93. The number of carbonyl (C=O) groups is 1. The van der Waals surface area contributed by atoms with Crippen LogP contribution in [0.2, 0.25) is 0 Å². The minimum absolute atomic E-state index is 0.115. The van der Waals surface area contributed by atoms with E-state index in [0.29, 0.717) is 17.4 Å². The molecular formula is C18H18F4N2O2. The van der Waals surface area contributed by atoms with Crippen molar-refractivity contribution in [2.75, 3.05) is 6.54 Å². The molecule has 1 aliphatic rings. The molecule has 1 aliphatic carbocycles. The number of alkyl halides is 3. The topological polar surface area (TPSA) is 51.2 Å². The van der Waals surface area contributed by atoms with Crippen LogP contribution in [0.4, 0.5) is 17.6 Å². The van der Waals surface area contributed by atoms with E-state index >= 15 is 0 Å². The number of pyridine rings is 1. The fourth-order valence-corrected chi connectivity index (χ4v) is 2.05. The molecule has 4 nitrogen and oxygen atoms in total. The summed E-state index contributed by atoms with van der Waals surface area (Å²) in [6.07, 6.45) is 3.89. The summed E-state index contributed by atoms with van der Waals surface area (Å²) in [6.45, 7) is -2.70. The number of hydrogen-bond donors (Lipinski definition) is 1. The molecule has 0 saturated heterocycles. The van der Waals surface area contributed by atoms with Gasteiger partial charge in [0.2, 0.25) is 5.88 Å². The third-order valence-corrected chi connectivity index (χ3v) is 3.52. The van der Waals surface area contributed by atoms with Gasteiger partial charge in [0.25, 0.3) is 5.91 Å². The predicted molar refractivity (Wildman–Crippen MR) is 87.1 cm³/mol. The van der Waals surface area contributed by atoms with Gasteiger partial charge in [-0.25, -0.2) is 9.37 Å². The van der Waals surface area contributed by atoms with Crippen molar-refractivity contribution in [2.45, 2.75) is 26.1 Å². The van der Waals surface area contributed by atoms with Crippen molar-refractivity contribution >= 4 is 5.91 Å². The molecule has 0 aliphatic heterocycles. The summed E-state index contributed by atoms with van der Waals surface area (Å²) in [6, 6.07) is 9.54. The standard InChI is InChI=1S/C17H17FN2O2.CHF3/c18-15-3-1-2-13(8-15)11-22-16-7-6-14(10-19-16)17(21)20-9-12-4-5-12;2-1(3)4/h1-3,6-8,10,12H,4-5,9,11H2,(H,20,21);1H. The van der Waals surface area contributed by atoms with Crippen LogP contribution < -0.4 is 10.1 Å². The van der Waals surface area contributed by atoms with Gasteiger partial charge >= 0.3 is 6.68 Å². The van der Waals surface area contributed by atoms with E-state index in [1.165, 1.54) is 31.2 Å². The SMILES string of the molecule is FC(F)F.O=C(NCC1CC1)c1ccc(OCc2cccc(F)c2)nc1. The van der Waals surface area contributed by atoms with E-state index in [4.69, 9.17) is 4.74 Å². The molecule has 1 aromatic carbocycles. The Balaban J connectivity index is 0.000000552. The van der Waals surface area contributed by atoms with E-state index < -0.39 is 6.68 Å².